The summed E-state index contributed by atoms with van der Waals surface area (Å²) in [6.07, 6.45) is 1.08. The highest BCUT2D eigenvalue weighted by Gasteiger charge is 2.39. The molecule has 0 saturated carbocycles. The number of imide groups is 1. The Kier molecular flexibility index (Phi) is 2.60. The summed E-state index contributed by atoms with van der Waals surface area (Å²) < 4.78 is 4.85. The quantitative estimate of drug-likeness (QED) is 0.766. The Bertz CT molecular complexity index is 699. The number of oxazole rings is 1. The van der Waals surface area contributed by atoms with E-state index in [9.17, 15) is 14.4 Å². The van der Waals surface area contributed by atoms with Crippen LogP contribution in [-0.4, -0.2) is 27.8 Å². The molecule has 2 aromatic rings. The molecule has 1 aromatic carbocycles. The highest BCUT2D eigenvalue weighted by atomic mass is 16.7. The van der Waals surface area contributed by atoms with Gasteiger partial charge in [-0.15, -0.1) is 0 Å². The summed E-state index contributed by atoms with van der Waals surface area (Å²) in [6, 6.07) is 6.22. The van der Waals surface area contributed by atoms with Crippen molar-refractivity contribution < 1.29 is 23.6 Å². The Hall–Kier alpha value is -2.96. The van der Waals surface area contributed by atoms with E-state index in [2.05, 4.69) is 4.98 Å². The van der Waals surface area contributed by atoms with Crippen molar-refractivity contribution in [3.63, 3.8) is 0 Å². The summed E-state index contributed by atoms with van der Waals surface area (Å²) in [6.45, 7) is 1.54. The van der Waals surface area contributed by atoms with Gasteiger partial charge in [-0.2, -0.15) is 0 Å². The van der Waals surface area contributed by atoms with Crippen molar-refractivity contribution in [2.24, 2.45) is 0 Å². The summed E-state index contributed by atoms with van der Waals surface area (Å²) in [7, 11) is 0. The van der Waals surface area contributed by atoms with Crippen molar-refractivity contribution >= 4 is 17.8 Å². The monoisotopic (exact) mass is 272 g/mol. The van der Waals surface area contributed by atoms with E-state index in [-0.39, 0.29) is 16.9 Å². The minimum absolute atomic E-state index is 0.151. The van der Waals surface area contributed by atoms with E-state index in [0.717, 1.165) is 6.39 Å². The predicted octanol–water partition coefficient (Wildman–Crippen LogP) is 1.35. The number of amides is 2. The Morgan fingerprint density at radius 1 is 1.20 bits per heavy atom. The Balaban J connectivity index is 1.87. The normalized spacial score (nSPS) is 13.6. The molecule has 0 saturated heterocycles. The number of hydrogen-bond acceptors (Lipinski definition) is 6. The first-order chi connectivity index (χ1) is 9.59. The van der Waals surface area contributed by atoms with Gasteiger partial charge in [-0.25, -0.2) is 9.78 Å². The number of fused-ring (bicyclic) bond motifs is 1. The van der Waals surface area contributed by atoms with Crippen LogP contribution in [0.3, 0.4) is 0 Å². The van der Waals surface area contributed by atoms with Gasteiger partial charge in [0.2, 0.25) is 5.76 Å². The number of aromatic nitrogens is 1. The van der Waals surface area contributed by atoms with Crippen LogP contribution in [0.1, 0.15) is 37.0 Å². The van der Waals surface area contributed by atoms with Crippen LogP contribution in [0.4, 0.5) is 0 Å². The van der Waals surface area contributed by atoms with Crippen LogP contribution in [-0.2, 0) is 4.84 Å². The number of benzene rings is 1. The molecule has 0 bridgehead atoms. The lowest BCUT2D eigenvalue weighted by atomic mass is 10.1. The molecule has 0 N–H and O–H groups in total. The first kappa shape index (κ1) is 12.1. The molecule has 1 aromatic heterocycles. The molecule has 0 fully saturated rings. The van der Waals surface area contributed by atoms with Crippen molar-refractivity contribution in [2.75, 3.05) is 0 Å². The van der Waals surface area contributed by atoms with Crippen molar-refractivity contribution in [1.29, 1.82) is 0 Å². The first-order valence-electron chi connectivity index (χ1n) is 5.70. The number of nitrogens with zero attached hydrogens (tertiary/aromatic N) is 2. The molecule has 1 aliphatic heterocycles. The lowest BCUT2D eigenvalue weighted by Crippen LogP contribution is -2.32. The molecule has 2 heterocycles. The Labute approximate surface area is 112 Å². The number of carbonyl (C=O) groups is 3. The van der Waals surface area contributed by atoms with Gasteiger partial charge in [0, 0.05) is 0 Å². The van der Waals surface area contributed by atoms with Crippen molar-refractivity contribution in [2.45, 2.75) is 6.92 Å². The zero-order valence-electron chi connectivity index (χ0n) is 10.3. The van der Waals surface area contributed by atoms with Crippen LogP contribution in [0.15, 0.2) is 35.1 Å². The molecule has 20 heavy (non-hydrogen) atoms. The van der Waals surface area contributed by atoms with E-state index in [4.69, 9.17) is 9.25 Å². The van der Waals surface area contributed by atoms with Gasteiger partial charge in [-0.05, 0) is 19.1 Å². The Morgan fingerprint density at radius 2 is 1.80 bits per heavy atom. The largest absolute Gasteiger partial charge is 0.436 e. The van der Waals surface area contributed by atoms with E-state index in [1.807, 2.05) is 0 Å². The molecule has 0 atom stereocenters. The molecule has 0 radical (unpaired) electrons. The van der Waals surface area contributed by atoms with Crippen LogP contribution in [0.5, 0.6) is 0 Å². The lowest BCUT2D eigenvalue weighted by molar-refractivity contribution is -0.0603. The van der Waals surface area contributed by atoms with Gasteiger partial charge in [-0.3, -0.25) is 9.59 Å². The second-order valence-electron chi connectivity index (χ2n) is 4.10. The SMILES string of the molecule is Cc1ncoc1C(=O)ON1C(=O)c2ccccc2C1=O. The molecule has 7 nitrogen and oxygen atoms in total. The van der Waals surface area contributed by atoms with Crippen LogP contribution in [0.2, 0.25) is 0 Å². The topological polar surface area (TPSA) is 89.7 Å². The molecule has 0 aliphatic carbocycles. The van der Waals surface area contributed by atoms with E-state index in [1.165, 1.54) is 12.1 Å². The van der Waals surface area contributed by atoms with Gasteiger partial charge in [0.25, 0.3) is 11.8 Å². The molecule has 7 heteroatoms. The standard InChI is InChI=1S/C13H8N2O5/c1-7-10(19-6-14-7)13(18)20-15-11(16)8-4-2-3-5-9(8)12(15)17/h2-6H,1H3. The van der Waals surface area contributed by atoms with E-state index < -0.39 is 17.8 Å². The van der Waals surface area contributed by atoms with E-state index >= 15 is 0 Å². The second kappa shape index (κ2) is 4.30. The summed E-state index contributed by atoms with van der Waals surface area (Å²) in [5.41, 5.74) is 0.700. The smallest absolute Gasteiger partial charge is 0.401 e. The second-order valence-corrected chi connectivity index (χ2v) is 4.10. The molecule has 100 valence electrons. The maximum absolute atomic E-state index is 12.0. The van der Waals surface area contributed by atoms with Gasteiger partial charge in [0.1, 0.15) is 0 Å². The average Bonchev–Trinajstić information content (AvgIpc) is 2.97. The fourth-order valence-electron chi connectivity index (χ4n) is 1.87. The third-order valence-corrected chi connectivity index (χ3v) is 2.86. The van der Waals surface area contributed by atoms with Gasteiger partial charge in [-0.1, -0.05) is 17.2 Å². The fraction of sp³-hybridized carbons (Fsp3) is 0.0769. The molecule has 3 rings (SSSR count). The third kappa shape index (κ3) is 1.68. The van der Waals surface area contributed by atoms with Crippen LogP contribution >= 0.6 is 0 Å². The summed E-state index contributed by atoms with van der Waals surface area (Å²) >= 11 is 0. The van der Waals surface area contributed by atoms with E-state index in [1.54, 1.807) is 19.1 Å². The van der Waals surface area contributed by atoms with Gasteiger partial charge in [0.15, 0.2) is 6.39 Å². The maximum atomic E-state index is 12.0. The highest BCUT2D eigenvalue weighted by molar-refractivity contribution is 6.21. The number of aryl methyl sites for hydroxylation is 1. The zero-order valence-corrected chi connectivity index (χ0v) is 10.3. The molecule has 0 unspecified atom stereocenters. The highest BCUT2D eigenvalue weighted by Crippen LogP contribution is 2.23. The number of rotatable bonds is 2. The lowest BCUT2D eigenvalue weighted by Gasteiger charge is -2.11. The molecule has 0 spiro atoms. The molecular formula is C13H8N2O5. The zero-order chi connectivity index (χ0) is 14.3. The first-order valence-corrected chi connectivity index (χ1v) is 5.70. The number of carbonyl (C=O) groups excluding carboxylic acids is 3. The van der Waals surface area contributed by atoms with Gasteiger partial charge >= 0.3 is 5.97 Å². The molecule has 1 aliphatic rings. The Morgan fingerprint density at radius 3 is 2.30 bits per heavy atom. The minimum atomic E-state index is -0.950. The predicted molar refractivity (Wildman–Crippen MR) is 63.6 cm³/mol. The average molecular weight is 272 g/mol. The summed E-state index contributed by atoms with van der Waals surface area (Å²) in [4.78, 5) is 44.3. The van der Waals surface area contributed by atoms with Crippen molar-refractivity contribution in [3.8, 4) is 0 Å². The molecule has 2 amide bonds. The van der Waals surface area contributed by atoms with Crippen molar-refractivity contribution in [1.82, 2.24) is 10.0 Å². The van der Waals surface area contributed by atoms with E-state index in [0.29, 0.717) is 10.8 Å². The van der Waals surface area contributed by atoms with Crippen molar-refractivity contribution in [3.05, 3.63) is 53.2 Å². The summed E-state index contributed by atoms with van der Waals surface area (Å²) in [5.74, 6) is -2.47. The number of hydroxylamine groups is 2. The van der Waals surface area contributed by atoms with Crippen LogP contribution in [0, 0.1) is 6.92 Å². The van der Waals surface area contributed by atoms with Gasteiger partial charge < -0.3 is 9.25 Å². The maximum Gasteiger partial charge on any atom is 0.401 e. The van der Waals surface area contributed by atoms with Crippen LogP contribution in [0.25, 0.3) is 0 Å². The van der Waals surface area contributed by atoms with Gasteiger partial charge in [0.05, 0.1) is 16.8 Å². The fourth-order valence-corrected chi connectivity index (χ4v) is 1.87. The minimum Gasteiger partial charge on any atom is -0.436 e. The summed E-state index contributed by atoms with van der Waals surface area (Å²) in [5, 5.41) is 0.426. The third-order valence-electron chi connectivity index (χ3n) is 2.86. The van der Waals surface area contributed by atoms with Crippen LogP contribution < -0.4 is 0 Å². The molecular weight excluding hydrogens is 264 g/mol. The number of hydrogen-bond donors (Lipinski definition) is 0.